The maximum absolute atomic E-state index is 12.1. The van der Waals surface area contributed by atoms with Gasteiger partial charge in [-0.1, -0.05) is 24.3 Å². The number of guanidine groups is 1. The van der Waals surface area contributed by atoms with E-state index < -0.39 is 0 Å². The Kier molecular flexibility index (Phi) is 8.77. The lowest BCUT2D eigenvalue weighted by Crippen LogP contribution is -2.36. The number of Topliss-reactive ketones (excluding diaryl/α,β-unsaturated/α-hetero) is 1. The van der Waals surface area contributed by atoms with E-state index in [1.807, 2.05) is 24.3 Å². The van der Waals surface area contributed by atoms with Gasteiger partial charge in [0.1, 0.15) is 11.8 Å². The lowest BCUT2D eigenvalue weighted by atomic mass is 10.0. The molecular formula is C20H30N4O3. The number of ketones is 1. The van der Waals surface area contributed by atoms with Crippen LogP contribution in [0.15, 0.2) is 29.3 Å². The first-order valence-corrected chi connectivity index (χ1v) is 9.49. The van der Waals surface area contributed by atoms with Crippen LogP contribution in [0.4, 0.5) is 0 Å². The average Bonchev–Trinajstić information content (AvgIpc) is 3.20. The van der Waals surface area contributed by atoms with Crippen molar-refractivity contribution in [1.29, 1.82) is 0 Å². The summed E-state index contributed by atoms with van der Waals surface area (Å²) >= 11 is 0. The number of unbranched alkanes of at least 4 members (excludes halogenated alkanes) is 1. The quantitative estimate of drug-likeness (QED) is 0.392. The highest BCUT2D eigenvalue weighted by Crippen LogP contribution is 2.10. The van der Waals surface area contributed by atoms with Crippen molar-refractivity contribution in [1.82, 2.24) is 16.0 Å². The summed E-state index contributed by atoms with van der Waals surface area (Å²) in [6.07, 6.45) is 3.43. The van der Waals surface area contributed by atoms with E-state index >= 15 is 0 Å². The number of nitrogens with zero attached hydrogens (tertiary/aromatic N) is 1. The molecule has 0 saturated carbocycles. The molecule has 0 amide bonds. The van der Waals surface area contributed by atoms with Crippen molar-refractivity contribution in [3.8, 4) is 0 Å². The van der Waals surface area contributed by atoms with E-state index in [9.17, 15) is 9.59 Å². The van der Waals surface area contributed by atoms with Crippen molar-refractivity contribution in [3.05, 3.63) is 35.4 Å². The normalized spacial score (nSPS) is 14.2. The molecule has 0 aromatic heterocycles. The van der Waals surface area contributed by atoms with Crippen LogP contribution in [0.1, 0.15) is 30.4 Å². The second kappa shape index (κ2) is 11.3. The van der Waals surface area contributed by atoms with Crippen LogP contribution in [-0.4, -0.2) is 57.5 Å². The number of nitrogens with one attached hydrogen (secondary N) is 3. The Bertz CT molecular complexity index is 643. The van der Waals surface area contributed by atoms with E-state index in [-0.39, 0.29) is 17.8 Å². The summed E-state index contributed by atoms with van der Waals surface area (Å²) in [4.78, 5) is 28.0. The van der Waals surface area contributed by atoms with Crippen LogP contribution in [0.25, 0.3) is 0 Å². The van der Waals surface area contributed by atoms with Gasteiger partial charge in [-0.15, -0.1) is 0 Å². The molecule has 27 heavy (non-hydrogen) atoms. The van der Waals surface area contributed by atoms with E-state index in [1.165, 1.54) is 7.11 Å². The molecule has 1 heterocycles. The Morgan fingerprint density at radius 1 is 1.22 bits per heavy atom. The molecule has 1 aliphatic heterocycles. The van der Waals surface area contributed by atoms with Crippen LogP contribution >= 0.6 is 0 Å². The van der Waals surface area contributed by atoms with Gasteiger partial charge >= 0.3 is 5.97 Å². The van der Waals surface area contributed by atoms with Gasteiger partial charge in [0.15, 0.2) is 5.96 Å². The molecule has 0 bridgehead atoms. The maximum atomic E-state index is 12.1. The van der Waals surface area contributed by atoms with Gasteiger partial charge in [0.05, 0.1) is 13.7 Å². The number of carbonyl (C=O) groups excluding carboxylic acids is 2. The fourth-order valence-corrected chi connectivity index (χ4v) is 2.96. The fourth-order valence-electron chi connectivity index (χ4n) is 2.96. The third-order valence-electron chi connectivity index (χ3n) is 4.55. The lowest BCUT2D eigenvalue weighted by Gasteiger charge is -2.13. The van der Waals surface area contributed by atoms with Crippen molar-refractivity contribution in [2.75, 3.05) is 33.8 Å². The molecule has 1 aromatic carbocycles. The summed E-state index contributed by atoms with van der Waals surface area (Å²) < 4.78 is 4.77. The van der Waals surface area contributed by atoms with E-state index in [0.717, 1.165) is 49.6 Å². The maximum Gasteiger partial charge on any atom is 0.323 e. The monoisotopic (exact) mass is 374 g/mol. The SMILES string of the molecule is CN[C@@H](Cc1ccc(CC(=O)CCCCNC2=NCCN2)cc1)C(=O)OC. The molecule has 7 heteroatoms. The molecule has 0 fully saturated rings. The first-order chi connectivity index (χ1) is 13.1. The topological polar surface area (TPSA) is 91.8 Å². The van der Waals surface area contributed by atoms with Crippen molar-refractivity contribution < 1.29 is 14.3 Å². The number of benzene rings is 1. The number of likely N-dealkylation sites (N-methyl/N-ethyl adjacent to an activating group) is 1. The highest BCUT2D eigenvalue weighted by Gasteiger charge is 2.17. The molecule has 2 rings (SSSR count). The van der Waals surface area contributed by atoms with E-state index in [4.69, 9.17) is 4.74 Å². The Morgan fingerprint density at radius 2 is 1.96 bits per heavy atom. The predicted octanol–water partition coefficient (Wildman–Crippen LogP) is 0.821. The highest BCUT2D eigenvalue weighted by atomic mass is 16.5. The molecule has 0 spiro atoms. The molecule has 1 aromatic rings. The second-order valence-corrected chi connectivity index (χ2v) is 6.64. The van der Waals surface area contributed by atoms with Gasteiger partial charge in [-0.25, -0.2) is 0 Å². The van der Waals surface area contributed by atoms with E-state index in [1.54, 1.807) is 7.05 Å². The first-order valence-electron chi connectivity index (χ1n) is 9.49. The zero-order valence-corrected chi connectivity index (χ0v) is 16.2. The summed E-state index contributed by atoms with van der Waals surface area (Å²) in [7, 11) is 3.12. The van der Waals surface area contributed by atoms with Crippen molar-refractivity contribution in [3.63, 3.8) is 0 Å². The third-order valence-corrected chi connectivity index (χ3v) is 4.55. The van der Waals surface area contributed by atoms with E-state index in [2.05, 4.69) is 20.9 Å². The summed E-state index contributed by atoms with van der Waals surface area (Å²) in [6.45, 7) is 2.57. The Morgan fingerprint density at radius 3 is 2.59 bits per heavy atom. The standard InChI is InChI=1S/C20H30N4O3/c1-21-18(19(26)27-2)14-16-8-6-15(7-9-16)13-17(25)5-3-4-10-22-20-23-11-12-24-20/h6-9,18,21H,3-5,10-14H2,1-2H3,(H2,22,23,24)/t18-/m0/s1. The zero-order chi connectivity index (χ0) is 19.5. The Hall–Kier alpha value is -2.41. The number of esters is 1. The average molecular weight is 374 g/mol. The minimum Gasteiger partial charge on any atom is -0.468 e. The minimum absolute atomic E-state index is 0.252. The summed E-state index contributed by atoms with van der Waals surface area (Å²) in [5, 5.41) is 9.35. The van der Waals surface area contributed by atoms with Crippen LogP contribution < -0.4 is 16.0 Å². The van der Waals surface area contributed by atoms with Crippen LogP contribution in [0.5, 0.6) is 0 Å². The van der Waals surface area contributed by atoms with Crippen LogP contribution in [0.3, 0.4) is 0 Å². The number of rotatable bonds is 11. The number of aliphatic imine (C=N–C) groups is 1. The van der Waals surface area contributed by atoms with Crippen molar-refractivity contribution in [2.45, 2.75) is 38.1 Å². The smallest absolute Gasteiger partial charge is 0.323 e. The summed E-state index contributed by atoms with van der Waals surface area (Å²) in [5.41, 5.74) is 2.04. The number of ether oxygens (including phenoxy) is 1. The van der Waals surface area contributed by atoms with Gasteiger partial charge in [0, 0.05) is 25.9 Å². The van der Waals surface area contributed by atoms with Crippen LogP contribution in [0, 0.1) is 0 Å². The fraction of sp³-hybridized carbons (Fsp3) is 0.550. The molecule has 1 atom stereocenters. The number of carbonyl (C=O) groups is 2. The molecule has 7 nitrogen and oxygen atoms in total. The van der Waals surface area contributed by atoms with Gasteiger partial charge in [-0.2, -0.15) is 0 Å². The molecule has 0 saturated heterocycles. The van der Waals surface area contributed by atoms with Crippen LogP contribution in [-0.2, 0) is 27.2 Å². The Balaban J connectivity index is 1.67. The molecular weight excluding hydrogens is 344 g/mol. The molecule has 0 unspecified atom stereocenters. The zero-order valence-electron chi connectivity index (χ0n) is 16.2. The number of hydrogen-bond donors (Lipinski definition) is 3. The summed E-state index contributed by atoms with van der Waals surface area (Å²) in [6, 6.07) is 7.50. The number of hydrogen-bond acceptors (Lipinski definition) is 7. The minimum atomic E-state index is -0.360. The molecule has 0 radical (unpaired) electrons. The van der Waals surface area contributed by atoms with Crippen molar-refractivity contribution in [2.24, 2.45) is 4.99 Å². The largest absolute Gasteiger partial charge is 0.468 e. The predicted molar refractivity (Wildman–Crippen MR) is 106 cm³/mol. The van der Waals surface area contributed by atoms with Gasteiger partial charge in [-0.05, 0) is 37.4 Å². The third kappa shape index (κ3) is 7.38. The van der Waals surface area contributed by atoms with Gasteiger partial charge in [-0.3, -0.25) is 14.6 Å². The molecule has 1 aliphatic rings. The number of methoxy groups -OCH3 is 1. The Labute approximate surface area is 161 Å². The van der Waals surface area contributed by atoms with Crippen LogP contribution in [0.2, 0.25) is 0 Å². The molecule has 148 valence electrons. The van der Waals surface area contributed by atoms with Gasteiger partial charge in [0.25, 0.3) is 0 Å². The molecule has 0 aliphatic carbocycles. The highest BCUT2D eigenvalue weighted by molar-refractivity contribution is 5.81. The summed E-state index contributed by atoms with van der Waals surface area (Å²) in [5.74, 6) is 0.845. The van der Waals surface area contributed by atoms with Gasteiger partial charge < -0.3 is 20.7 Å². The van der Waals surface area contributed by atoms with Crippen molar-refractivity contribution >= 4 is 17.7 Å². The van der Waals surface area contributed by atoms with E-state index in [0.29, 0.717) is 19.3 Å². The first kappa shape index (κ1) is 20.9. The molecule has 3 N–H and O–H groups in total. The van der Waals surface area contributed by atoms with Gasteiger partial charge in [0.2, 0.25) is 0 Å². The second-order valence-electron chi connectivity index (χ2n) is 6.64. The lowest BCUT2D eigenvalue weighted by molar-refractivity contribution is -0.142.